The van der Waals surface area contributed by atoms with Gasteiger partial charge in [0.25, 0.3) is 6.43 Å². The van der Waals surface area contributed by atoms with Crippen molar-refractivity contribution in [1.82, 2.24) is 0 Å². The summed E-state index contributed by atoms with van der Waals surface area (Å²) < 4.78 is 31.4. The number of rotatable bonds is 8. The molecule has 3 aromatic rings. The number of fused-ring (bicyclic) bond motifs is 4. The molecule has 0 aromatic heterocycles. The highest BCUT2D eigenvalue weighted by molar-refractivity contribution is 5.95. The van der Waals surface area contributed by atoms with Gasteiger partial charge in [0.2, 0.25) is 5.91 Å². The van der Waals surface area contributed by atoms with Gasteiger partial charge in [-0.15, -0.1) is 0 Å². The van der Waals surface area contributed by atoms with E-state index in [1.807, 2.05) is 0 Å². The number of carboxylic acids is 1. The van der Waals surface area contributed by atoms with Crippen molar-refractivity contribution in [3.05, 3.63) is 89.0 Å². The van der Waals surface area contributed by atoms with E-state index in [0.717, 1.165) is 0 Å². The molecule has 4 bridgehead atoms. The van der Waals surface area contributed by atoms with Crippen molar-refractivity contribution in [2.75, 3.05) is 17.2 Å². The van der Waals surface area contributed by atoms with Crippen LogP contribution in [-0.4, -0.2) is 41.6 Å². The van der Waals surface area contributed by atoms with Gasteiger partial charge in [-0.3, -0.25) is 19.8 Å². The number of anilines is 2. The highest BCUT2D eigenvalue weighted by atomic mass is 19.3. The Morgan fingerprint density at radius 3 is 2.50 bits per heavy atom. The second kappa shape index (κ2) is 13.2. The molecule has 11 heteroatoms. The lowest BCUT2D eigenvalue weighted by molar-refractivity contribution is -0.137. The Balaban J connectivity index is 1.82. The first-order chi connectivity index (χ1) is 20.0. The molecule has 0 saturated carbocycles. The normalized spacial score (nSPS) is 19.0. The van der Waals surface area contributed by atoms with Gasteiger partial charge in [0.15, 0.2) is 5.78 Å². The van der Waals surface area contributed by atoms with Crippen molar-refractivity contribution < 1.29 is 33.0 Å². The minimum atomic E-state index is -2.71. The molecular weight excluding hydrogens is 546 g/mol. The third kappa shape index (κ3) is 7.68. The zero-order valence-electron chi connectivity index (χ0n) is 22.9. The number of ether oxygens (including phenoxy) is 1. The van der Waals surface area contributed by atoms with Gasteiger partial charge in [-0.2, -0.15) is 0 Å². The smallest absolute Gasteiger partial charge is 0.303 e. The van der Waals surface area contributed by atoms with E-state index < -0.39 is 36.9 Å². The average molecular weight is 579 g/mol. The van der Waals surface area contributed by atoms with Crippen LogP contribution in [0.25, 0.3) is 0 Å². The number of hydrogen-bond acceptors (Lipinski definition) is 6. The Morgan fingerprint density at radius 2 is 1.83 bits per heavy atom. The number of halogens is 2. The number of carbonyl (C=O) groups is 3. The van der Waals surface area contributed by atoms with Crippen molar-refractivity contribution in [3.8, 4) is 5.75 Å². The summed E-state index contributed by atoms with van der Waals surface area (Å²) in [7, 11) is 0. The van der Waals surface area contributed by atoms with Crippen molar-refractivity contribution in [2.24, 2.45) is 5.73 Å². The number of carboxylic acid groups (broad SMARTS) is 1. The SMILES string of the molecule is C[C@@H]1CC(=O)Nc2cccc(c2)[C@@H](CC(=O)O)CC(=O)[C@H](Nc2ccc(C(=N)N)cc2)c2ccc(OCC(F)F)c1c2. The molecular formula is C31H32F2N4O5. The molecule has 3 atom stereocenters. The maximum atomic E-state index is 14.0. The lowest BCUT2D eigenvalue weighted by atomic mass is 9.85. The number of ketones is 1. The molecule has 0 spiro atoms. The van der Waals surface area contributed by atoms with Crippen molar-refractivity contribution in [1.29, 1.82) is 5.41 Å². The number of Topliss-reactive ketones (excluding diaryl/α,β-unsaturated/α-hetero) is 1. The van der Waals surface area contributed by atoms with Crippen LogP contribution in [0.4, 0.5) is 20.2 Å². The fraction of sp³-hybridized carbons (Fsp3) is 0.290. The summed E-state index contributed by atoms with van der Waals surface area (Å²) in [5.41, 5.74) is 8.61. The number of aliphatic carboxylic acids is 1. The first-order valence-corrected chi connectivity index (χ1v) is 13.4. The van der Waals surface area contributed by atoms with Crippen LogP contribution in [0.3, 0.4) is 0 Å². The van der Waals surface area contributed by atoms with Gasteiger partial charge in [-0.25, -0.2) is 8.78 Å². The summed E-state index contributed by atoms with van der Waals surface area (Å²) in [6.07, 6.45) is -3.16. The number of benzene rings is 3. The third-order valence-electron chi connectivity index (χ3n) is 7.09. The molecule has 0 fully saturated rings. The fourth-order valence-electron chi connectivity index (χ4n) is 5.03. The van der Waals surface area contributed by atoms with Gasteiger partial charge >= 0.3 is 5.97 Å². The Kier molecular flexibility index (Phi) is 9.51. The standard InChI is InChI=1S/C31H32F2N4O5/c1-17-11-28(39)36-23-4-2-3-19(12-23)21(15-29(40)41)14-25(38)30(37-22-8-5-18(6-9-22)31(34)35)20-7-10-26(24(17)13-20)42-16-27(32)33/h2-10,12-13,17,21,27,30,37H,11,14-16H2,1H3,(H3,34,35)(H,36,39)(H,40,41)/t17-,21-,30-/m1/s1. The number of amidine groups is 1. The van der Waals surface area contributed by atoms with E-state index in [0.29, 0.717) is 33.6 Å². The van der Waals surface area contributed by atoms with E-state index in [1.54, 1.807) is 67.6 Å². The Bertz CT molecular complexity index is 1480. The third-order valence-corrected chi connectivity index (χ3v) is 7.09. The largest absolute Gasteiger partial charge is 0.487 e. The van der Waals surface area contributed by atoms with Gasteiger partial charge in [0.1, 0.15) is 24.2 Å². The van der Waals surface area contributed by atoms with Gasteiger partial charge in [0, 0.05) is 35.7 Å². The molecule has 1 amide bonds. The molecule has 4 rings (SSSR count). The lowest BCUT2D eigenvalue weighted by Gasteiger charge is -2.25. The summed E-state index contributed by atoms with van der Waals surface area (Å²) >= 11 is 0. The van der Waals surface area contributed by atoms with Crippen molar-refractivity contribution in [2.45, 2.75) is 50.5 Å². The van der Waals surface area contributed by atoms with E-state index >= 15 is 0 Å². The molecule has 0 saturated heterocycles. The maximum Gasteiger partial charge on any atom is 0.303 e. The molecule has 3 aromatic carbocycles. The van der Waals surface area contributed by atoms with E-state index in [-0.39, 0.29) is 42.5 Å². The summed E-state index contributed by atoms with van der Waals surface area (Å²) in [5, 5.41) is 23.3. The average Bonchev–Trinajstić information content (AvgIpc) is 2.94. The number of nitrogen functional groups attached to an aromatic ring is 1. The molecule has 9 nitrogen and oxygen atoms in total. The topological polar surface area (TPSA) is 155 Å². The van der Waals surface area contributed by atoms with Crippen LogP contribution in [-0.2, 0) is 14.4 Å². The number of amides is 1. The molecule has 6 N–H and O–H groups in total. The van der Waals surface area contributed by atoms with Crippen molar-refractivity contribution in [3.63, 3.8) is 0 Å². The first-order valence-electron chi connectivity index (χ1n) is 13.4. The van der Waals surface area contributed by atoms with Crippen LogP contribution in [0.15, 0.2) is 66.7 Å². The Morgan fingerprint density at radius 1 is 1.10 bits per heavy atom. The van der Waals surface area contributed by atoms with E-state index in [9.17, 15) is 28.3 Å². The molecule has 42 heavy (non-hydrogen) atoms. The van der Waals surface area contributed by atoms with Crippen molar-refractivity contribution >= 4 is 34.9 Å². The minimum absolute atomic E-state index is 0.00414. The van der Waals surface area contributed by atoms with E-state index in [4.69, 9.17) is 15.9 Å². The molecule has 0 unspecified atom stereocenters. The molecule has 0 aliphatic carbocycles. The second-order valence-corrected chi connectivity index (χ2v) is 10.3. The van der Waals surface area contributed by atoms with E-state index in [1.165, 1.54) is 6.07 Å². The molecule has 1 aliphatic rings. The quantitative estimate of drug-likeness (QED) is 0.176. The van der Waals surface area contributed by atoms with Gasteiger partial charge in [-0.05, 0) is 71.1 Å². The van der Waals surface area contributed by atoms with Crippen LogP contribution < -0.4 is 21.1 Å². The summed E-state index contributed by atoms with van der Waals surface area (Å²) in [6, 6.07) is 17.1. The molecule has 0 radical (unpaired) electrons. The summed E-state index contributed by atoms with van der Waals surface area (Å²) in [6.45, 7) is 0.932. The van der Waals surface area contributed by atoms with Crippen LogP contribution in [0, 0.1) is 5.41 Å². The molecule has 1 aliphatic heterocycles. The number of nitrogens with one attached hydrogen (secondary N) is 3. The monoisotopic (exact) mass is 578 g/mol. The maximum absolute atomic E-state index is 14.0. The number of alkyl halides is 2. The fourth-order valence-corrected chi connectivity index (χ4v) is 5.03. The van der Waals surface area contributed by atoms with Crippen LogP contribution in [0.1, 0.15) is 66.3 Å². The second-order valence-electron chi connectivity index (χ2n) is 10.3. The van der Waals surface area contributed by atoms with Crippen LogP contribution in [0.5, 0.6) is 5.75 Å². The van der Waals surface area contributed by atoms with Crippen LogP contribution >= 0.6 is 0 Å². The lowest BCUT2D eigenvalue weighted by Crippen LogP contribution is -2.25. The van der Waals surface area contributed by atoms with Gasteiger partial charge in [-0.1, -0.05) is 25.1 Å². The number of hydrogen-bond donors (Lipinski definition) is 5. The van der Waals surface area contributed by atoms with Gasteiger partial charge in [0.05, 0.1) is 6.42 Å². The zero-order valence-corrected chi connectivity index (χ0v) is 22.9. The molecule has 1 heterocycles. The van der Waals surface area contributed by atoms with Gasteiger partial charge < -0.3 is 26.2 Å². The Hall–Kier alpha value is -4.80. The zero-order chi connectivity index (χ0) is 30.4. The highest BCUT2D eigenvalue weighted by Crippen LogP contribution is 2.36. The predicted molar refractivity (Wildman–Crippen MR) is 154 cm³/mol. The number of nitrogens with two attached hydrogens (primary N) is 1. The first kappa shape index (κ1) is 30.2. The number of carbonyl (C=O) groups excluding carboxylic acids is 2. The van der Waals surface area contributed by atoms with Crippen LogP contribution in [0.2, 0.25) is 0 Å². The summed E-state index contributed by atoms with van der Waals surface area (Å²) in [4.78, 5) is 38.7. The Labute approximate surface area is 241 Å². The minimum Gasteiger partial charge on any atom is -0.487 e. The highest BCUT2D eigenvalue weighted by Gasteiger charge is 2.29. The predicted octanol–water partition coefficient (Wildman–Crippen LogP) is 5.43. The molecule has 220 valence electrons. The van der Waals surface area contributed by atoms with E-state index in [2.05, 4.69) is 10.6 Å². The summed E-state index contributed by atoms with van der Waals surface area (Å²) in [5.74, 6) is -2.80.